The third kappa shape index (κ3) is 5.55. The molecule has 2 aromatic carbocycles. The lowest BCUT2D eigenvalue weighted by Crippen LogP contribution is -2.15. The average Bonchev–Trinajstić information content (AvgIpc) is 2.69. The minimum atomic E-state index is -3.75. The highest BCUT2D eigenvalue weighted by atomic mass is 32.2. The molecule has 0 aliphatic carbocycles. The SMILES string of the molecule is Cc1ccc(S(=O)(=O)Nc2ccc(NC(=O)c3cccnc3SC(F)F)cc2)cc1. The van der Waals surface area contributed by atoms with Crippen molar-refractivity contribution in [2.45, 2.75) is 22.6 Å². The Hall–Kier alpha value is -2.98. The van der Waals surface area contributed by atoms with Gasteiger partial charge in [-0.2, -0.15) is 8.78 Å². The number of hydrogen-bond acceptors (Lipinski definition) is 5. The van der Waals surface area contributed by atoms with Crippen molar-refractivity contribution in [1.82, 2.24) is 4.98 Å². The van der Waals surface area contributed by atoms with E-state index in [2.05, 4.69) is 15.0 Å². The monoisotopic (exact) mass is 449 g/mol. The summed E-state index contributed by atoms with van der Waals surface area (Å²) in [6.07, 6.45) is 1.33. The average molecular weight is 450 g/mol. The van der Waals surface area contributed by atoms with Crippen LogP contribution in [0.1, 0.15) is 15.9 Å². The van der Waals surface area contributed by atoms with E-state index in [9.17, 15) is 22.0 Å². The van der Waals surface area contributed by atoms with Crippen molar-refractivity contribution in [3.8, 4) is 0 Å². The molecule has 156 valence electrons. The highest BCUT2D eigenvalue weighted by Gasteiger charge is 2.17. The van der Waals surface area contributed by atoms with Crippen LogP contribution in [0.4, 0.5) is 20.2 Å². The van der Waals surface area contributed by atoms with Gasteiger partial charge in [-0.15, -0.1) is 0 Å². The van der Waals surface area contributed by atoms with Crippen molar-refractivity contribution >= 4 is 39.1 Å². The zero-order valence-electron chi connectivity index (χ0n) is 15.7. The van der Waals surface area contributed by atoms with Crippen LogP contribution in [0.2, 0.25) is 0 Å². The number of halogens is 2. The fourth-order valence-corrected chi connectivity index (χ4v) is 4.13. The molecule has 0 atom stereocenters. The maximum Gasteiger partial charge on any atom is 0.290 e. The van der Waals surface area contributed by atoms with Crippen molar-refractivity contribution in [1.29, 1.82) is 0 Å². The van der Waals surface area contributed by atoms with Gasteiger partial charge in [0.25, 0.3) is 21.7 Å². The number of nitrogens with one attached hydrogen (secondary N) is 2. The first-order valence-corrected chi connectivity index (χ1v) is 11.0. The Labute approximate surface area is 176 Å². The van der Waals surface area contributed by atoms with Gasteiger partial charge in [0.05, 0.1) is 10.5 Å². The minimum absolute atomic E-state index is 0.0203. The molecule has 3 rings (SSSR count). The first-order valence-electron chi connectivity index (χ1n) is 8.65. The molecule has 30 heavy (non-hydrogen) atoms. The van der Waals surface area contributed by atoms with E-state index in [1.165, 1.54) is 54.7 Å². The Morgan fingerprint density at radius 1 is 1.00 bits per heavy atom. The lowest BCUT2D eigenvalue weighted by molar-refractivity contribution is 0.102. The summed E-state index contributed by atoms with van der Waals surface area (Å²) in [7, 11) is -3.75. The van der Waals surface area contributed by atoms with Crippen molar-refractivity contribution in [2.24, 2.45) is 0 Å². The van der Waals surface area contributed by atoms with E-state index in [1.807, 2.05) is 6.92 Å². The maximum atomic E-state index is 12.6. The molecule has 0 spiro atoms. The van der Waals surface area contributed by atoms with E-state index in [4.69, 9.17) is 0 Å². The molecule has 0 aliphatic heterocycles. The van der Waals surface area contributed by atoms with E-state index in [0.29, 0.717) is 11.4 Å². The van der Waals surface area contributed by atoms with Crippen molar-refractivity contribution in [3.63, 3.8) is 0 Å². The van der Waals surface area contributed by atoms with Crippen LogP contribution in [0.3, 0.4) is 0 Å². The second kappa shape index (κ2) is 9.23. The Morgan fingerprint density at radius 2 is 1.63 bits per heavy atom. The number of amides is 1. The van der Waals surface area contributed by atoms with Crippen LogP contribution in [0.5, 0.6) is 0 Å². The minimum Gasteiger partial charge on any atom is -0.322 e. The highest BCUT2D eigenvalue weighted by Crippen LogP contribution is 2.27. The molecule has 0 aliphatic rings. The first kappa shape index (κ1) is 21.7. The number of aryl methyl sites for hydroxylation is 1. The summed E-state index contributed by atoms with van der Waals surface area (Å²) in [5.41, 5.74) is 1.64. The second-order valence-electron chi connectivity index (χ2n) is 6.18. The predicted molar refractivity (Wildman–Crippen MR) is 112 cm³/mol. The normalized spacial score (nSPS) is 11.3. The number of hydrogen-bond donors (Lipinski definition) is 2. The number of thioether (sulfide) groups is 1. The smallest absolute Gasteiger partial charge is 0.290 e. The number of nitrogens with zero attached hydrogens (tertiary/aromatic N) is 1. The summed E-state index contributed by atoms with van der Waals surface area (Å²) in [6, 6.07) is 15.3. The van der Waals surface area contributed by atoms with Crippen LogP contribution < -0.4 is 10.0 Å². The molecule has 1 aromatic heterocycles. The van der Waals surface area contributed by atoms with E-state index in [1.54, 1.807) is 12.1 Å². The number of rotatable bonds is 7. The molecule has 1 heterocycles. The number of alkyl halides is 2. The Kier molecular flexibility index (Phi) is 6.68. The van der Waals surface area contributed by atoms with Gasteiger partial charge in [-0.1, -0.05) is 17.7 Å². The molecule has 0 unspecified atom stereocenters. The van der Waals surface area contributed by atoms with Gasteiger partial charge in [-0.25, -0.2) is 13.4 Å². The molecule has 0 bridgehead atoms. The largest absolute Gasteiger partial charge is 0.322 e. The summed E-state index contributed by atoms with van der Waals surface area (Å²) in [5.74, 6) is -3.30. The van der Waals surface area contributed by atoms with E-state index in [-0.39, 0.29) is 27.2 Å². The van der Waals surface area contributed by atoms with Crippen LogP contribution in [-0.2, 0) is 10.0 Å². The van der Waals surface area contributed by atoms with Crippen LogP contribution >= 0.6 is 11.8 Å². The molecule has 0 saturated heterocycles. The lowest BCUT2D eigenvalue weighted by atomic mass is 10.2. The number of sulfonamides is 1. The zero-order chi connectivity index (χ0) is 21.7. The van der Waals surface area contributed by atoms with Crippen molar-refractivity contribution < 1.29 is 22.0 Å². The molecule has 3 aromatic rings. The zero-order valence-corrected chi connectivity index (χ0v) is 17.3. The maximum absolute atomic E-state index is 12.6. The molecule has 2 N–H and O–H groups in total. The molecular formula is C20H17F2N3O3S2. The van der Waals surface area contributed by atoms with Gasteiger partial charge in [0.15, 0.2) is 0 Å². The Balaban J connectivity index is 1.71. The summed E-state index contributed by atoms with van der Waals surface area (Å²) in [5, 5.41) is 2.51. The molecule has 10 heteroatoms. The second-order valence-corrected chi connectivity index (χ2v) is 8.85. The molecule has 1 amide bonds. The van der Waals surface area contributed by atoms with Crippen LogP contribution in [0.25, 0.3) is 0 Å². The van der Waals surface area contributed by atoms with Gasteiger partial charge in [-0.3, -0.25) is 9.52 Å². The highest BCUT2D eigenvalue weighted by molar-refractivity contribution is 7.99. The third-order valence-corrected chi connectivity index (χ3v) is 6.07. The van der Waals surface area contributed by atoms with Gasteiger partial charge in [0.2, 0.25) is 0 Å². The number of anilines is 2. The molecule has 0 saturated carbocycles. The van der Waals surface area contributed by atoms with Crippen LogP contribution in [0, 0.1) is 6.92 Å². The van der Waals surface area contributed by atoms with Crippen molar-refractivity contribution in [3.05, 3.63) is 78.0 Å². The predicted octanol–water partition coefficient (Wildman–Crippen LogP) is 4.76. The number of carbonyl (C=O) groups excluding carboxylic acids is 1. The fraction of sp³-hybridized carbons (Fsp3) is 0.100. The standard InChI is InChI=1S/C20H17F2N3O3S2/c1-13-4-10-16(11-5-13)30(27,28)25-15-8-6-14(7-9-15)24-18(26)17-3-2-12-23-19(17)29-20(21)22/h2-12,20,25H,1H3,(H,24,26). The fourth-order valence-electron chi connectivity index (χ4n) is 2.49. The van der Waals surface area contributed by atoms with E-state index in [0.717, 1.165) is 5.56 Å². The van der Waals surface area contributed by atoms with Gasteiger partial charge < -0.3 is 5.32 Å². The number of aromatic nitrogens is 1. The third-order valence-electron chi connectivity index (χ3n) is 3.94. The molecular weight excluding hydrogens is 432 g/mol. The van der Waals surface area contributed by atoms with Gasteiger partial charge in [0, 0.05) is 17.6 Å². The number of pyridine rings is 1. The summed E-state index contributed by atoms with van der Waals surface area (Å²) >= 11 is 0.190. The van der Waals surface area contributed by atoms with Gasteiger partial charge in [0.1, 0.15) is 5.03 Å². The van der Waals surface area contributed by atoms with Gasteiger partial charge in [-0.05, 0) is 67.2 Å². The quantitative estimate of drug-likeness (QED) is 0.508. The topological polar surface area (TPSA) is 88.2 Å². The van der Waals surface area contributed by atoms with E-state index < -0.39 is 21.7 Å². The summed E-state index contributed by atoms with van der Waals surface area (Å²) in [6.45, 7) is 1.86. The lowest BCUT2D eigenvalue weighted by Gasteiger charge is -2.11. The number of benzene rings is 2. The van der Waals surface area contributed by atoms with E-state index >= 15 is 0 Å². The summed E-state index contributed by atoms with van der Waals surface area (Å²) in [4.78, 5) is 16.4. The summed E-state index contributed by atoms with van der Waals surface area (Å²) < 4.78 is 52.6. The first-order chi connectivity index (χ1) is 14.2. The molecule has 0 radical (unpaired) electrons. The Morgan fingerprint density at radius 3 is 2.27 bits per heavy atom. The molecule has 6 nitrogen and oxygen atoms in total. The van der Waals surface area contributed by atoms with Gasteiger partial charge >= 0.3 is 0 Å². The van der Waals surface area contributed by atoms with Crippen LogP contribution in [-0.4, -0.2) is 25.1 Å². The van der Waals surface area contributed by atoms with Crippen LogP contribution in [0.15, 0.2) is 76.8 Å². The molecule has 0 fully saturated rings. The number of carbonyl (C=O) groups is 1. The van der Waals surface area contributed by atoms with Crippen molar-refractivity contribution in [2.75, 3.05) is 10.0 Å². The Bertz CT molecular complexity index is 1140.